The van der Waals surface area contributed by atoms with E-state index >= 15 is 0 Å². The summed E-state index contributed by atoms with van der Waals surface area (Å²) < 4.78 is 5.24. The number of rotatable bonds is 0. The van der Waals surface area contributed by atoms with Crippen LogP contribution >= 0.6 is 23.2 Å². The Hall–Kier alpha value is -0.660. The maximum atomic E-state index is 5.84. The Morgan fingerprint density at radius 1 is 1.07 bits per heavy atom. The average molecular weight is 231 g/mol. The summed E-state index contributed by atoms with van der Waals surface area (Å²) in [6, 6.07) is 3.55. The minimum atomic E-state index is 0.526. The van der Waals surface area contributed by atoms with E-state index in [9.17, 15) is 0 Å². The third-order valence-electron chi connectivity index (χ3n) is 1.81. The predicted molar refractivity (Wildman–Crippen MR) is 62.3 cm³/mol. The van der Waals surface area contributed by atoms with E-state index in [-0.39, 0.29) is 0 Å². The zero-order valence-electron chi connectivity index (χ0n) is 8.40. The van der Waals surface area contributed by atoms with Crippen LogP contribution in [0, 0.1) is 6.92 Å². The van der Waals surface area contributed by atoms with Crippen molar-refractivity contribution < 1.29 is 4.42 Å². The summed E-state index contributed by atoms with van der Waals surface area (Å²) in [4.78, 5) is 0. The number of fused-ring (bicyclic) bond motifs is 1. The topological polar surface area (TPSA) is 13.1 Å². The molecule has 0 atom stereocenters. The van der Waals surface area contributed by atoms with Crippen LogP contribution in [0.3, 0.4) is 0 Å². The van der Waals surface area contributed by atoms with E-state index in [1.54, 1.807) is 12.3 Å². The van der Waals surface area contributed by atoms with Gasteiger partial charge in [-0.3, -0.25) is 0 Å². The largest absolute Gasteiger partial charge is 0.464 e. The van der Waals surface area contributed by atoms with E-state index in [0.29, 0.717) is 10.0 Å². The van der Waals surface area contributed by atoms with Crippen LogP contribution in [0.25, 0.3) is 11.0 Å². The van der Waals surface area contributed by atoms with Crippen molar-refractivity contribution in [2.75, 3.05) is 0 Å². The van der Waals surface area contributed by atoms with Crippen LogP contribution in [0.15, 0.2) is 22.8 Å². The molecular weight excluding hydrogens is 219 g/mol. The number of hydrogen-bond acceptors (Lipinski definition) is 1. The summed E-state index contributed by atoms with van der Waals surface area (Å²) in [7, 11) is 0. The highest BCUT2D eigenvalue weighted by Crippen LogP contribution is 2.30. The molecule has 0 spiro atoms. The fourth-order valence-electron chi connectivity index (χ4n) is 1.15. The minimum Gasteiger partial charge on any atom is -0.464 e. The summed E-state index contributed by atoms with van der Waals surface area (Å²) in [6.45, 7) is 5.97. The lowest BCUT2D eigenvalue weighted by molar-refractivity contribution is 0.613. The lowest BCUT2D eigenvalue weighted by Gasteiger charge is -1.94. The van der Waals surface area contributed by atoms with E-state index in [4.69, 9.17) is 27.6 Å². The molecule has 76 valence electrons. The molecule has 2 rings (SSSR count). The van der Waals surface area contributed by atoms with Crippen LogP contribution in [0.4, 0.5) is 0 Å². The molecule has 0 amide bonds. The number of furan rings is 1. The molecule has 0 aliphatic heterocycles. The van der Waals surface area contributed by atoms with Gasteiger partial charge in [-0.05, 0) is 18.6 Å². The van der Waals surface area contributed by atoms with Crippen LogP contribution in [0.1, 0.15) is 19.4 Å². The first kappa shape index (κ1) is 11.4. The summed E-state index contributed by atoms with van der Waals surface area (Å²) in [5.74, 6) is 0. The lowest BCUT2D eigenvalue weighted by atomic mass is 10.2. The molecule has 2 aromatic rings. The Morgan fingerprint density at radius 3 is 2.29 bits per heavy atom. The molecule has 1 aromatic carbocycles. The third kappa shape index (κ3) is 2.05. The molecule has 0 N–H and O–H groups in total. The van der Waals surface area contributed by atoms with Crippen LogP contribution in [-0.4, -0.2) is 0 Å². The highest BCUT2D eigenvalue weighted by molar-refractivity contribution is 6.42. The van der Waals surface area contributed by atoms with Crippen molar-refractivity contribution >= 4 is 34.2 Å². The molecule has 0 saturated carbocycles. The van der Waals surface area contributed by atoms with Gasteiger partial charge >= 0.3 is 0 Å². The van der Waals surface area contributed by atoms with Crippen molar-refractivity contribution in [3.8, 4) is 0 Å². The van der Waals surface area contributed by atoms with Crippen molar-refractivity contribution in [2.24, 2.45) is 0 Å². The second-order valence-corrected chi connectivity index (χ2v) is 3.50. The van der Waals surface area contributed by atoms with Gasteiger partial charge in [0.1, 0.15) is 5.58 Å². The van der Waals surface area contributed by atoms with Crippen molar-refractivity contribution in [3.63, 3.8) is 0 Å². The fourth-order valence-corrected chi connectivity index (χ4v) is 1.47. The smallest absolute Gasteiger partial charge is 0.135 e. The summed E-state index contributed by atoms with van der Waals surface area (Å²) in [6.07, 6.45) is 1.69. The Kier molecular flexibility index (Phi) is 3.85. The van der Waals surface area contributed by atoms with E-state index in [2.05, 4.69) is 0 Å². The molecule has 1 nitrogen and oxygen atoms in total. The van der Waals surface area contributed by atoms with Gasteiger partial charge in [-0.25, -0.2) is 0 Å². The van der Waals surface area contributed by atoms with Crippen LogP contribution in [0.2, 0.25) is 10.0 Å². The number of halogens is 2. The second-order valence-electron chi connectivity index (χ2n) is 2.68. The second kappa shape index (κ2) is 4.72. The molecule has 0 aliphatic rings. The number of aryl methyl sites for hydroxylation is 1. The number of benzene rings is 1. The van der Waals surface area contributed by atoms with Crippen LogP contribution in [-0.2, 0) is 0 Å². The Morgan fingerprint density at radius 2 is 1.64 bits per heavy atom. The van der Waals surface area contributed by atoms with E-state index < -0.39 is 0 Å². The van der Waals surface area contributed by atoms with Gasteiger partial charge in [0.2, 0.25) is 0 Å². The Labute approximate surface area is 93.6 Å². The average Bonchev–Trinajstić information content (AvgIpc) is 2.53. The van der Waals surface area contributed by atoms with E-state index in [1.165, 1.54) is 0 Å². The fraction of sp³-hybridized carbons (Fsp3) is 0.273. The van der Waals surface area contributed by atoms with Gasteiger partial charge in [0, 0.05) is 11.5 Å². The van der Waals surface area contributed by atoms with Gasteiger partial charge in [0.25, 0.3) is 0 Å². The van der Waals surface area contributed by atoms with Gasteiger partial charge < -0.3 is 4.42 Å². The van der Waals surface area contributed by atoms with E-state index in [1.807, 2.05) is 26.8 Å². The third-order valence-corrected chi connectivity index (χ3v) is 2.53. The molecule has 0 bridgehead atoms. The van der Waals surface area contributed by atoms with Crippen molar-refractivity contribution in [1.29, 1.82) is 0 Å². The molecule has 14 heavy (non-hydrogen) atoms. The maximum absolute atomic E-state index is 5.84. The number of hydrogen-bond donors (Lipinski definition) is 0. The zero-order valence-corrected chi connectivity index (χ0v) is 9.91. The Bertz CT molecular complexity index is 432. The maximum Gasteiger partial charge on any atom is 0.135 e. The van der Waals surface area contributed by atoms with Crippen molar-refractivity contribution in [2.45, 2.75) is 20.8 Å². The monoisotopic (exact) mass is 230 g/mol. The molecule has 0 saturated heterocycles. The first-order valence-electron chi connectivity index (χ1n) is 4.51. The van der Waals surface area contributed by atoms with Gasteiger partial charge in [0.05, 0.1) is 16.3 Å². The first-order chi connectivity index (χ1) is 6.68. The van der Waals surface area contributed by atoms with Gasteiger partial charge in [-0.15, -0.1) is 0 Å². The Balaban J connectivity index is 0.000000461. The molecule has 0 radical (unpaired) electrons. The highest BCUT2D eigenvalue weighted by Gasteiger charge is 2.05. The summed E-state index contributed by atoms with van der Waals surface area (Å²) in [5.41, 5.74) is 1.85. The normalized spacial score (nSPS) is 9.79. The lowest BCUT2D eigenvalue weighted by Crippen LogP contribution is -1.70. The molecule has 0 fully saturated rings. The first-order valence-corrected chi connectivity index (χ1v) is 5.27. The minimum absolute atomic E-state index is 0.526. The van der Waals surface area contributed by atoms with Crippen LogP contribution in [0.5, 0.6) is 0 Å². The quantitative estimate of drug-likeness (QED) is 0.616. The highest BCUT2D eigenvalue weighted by atomic mass is 35.5. The van der Waals surface area contributed by atoms with Gasteiger partial charge in [-0.2, -0.15) is 0 Å². The molecule has 1 aromatic heterocycles. The molecule has 1 heterocycles. The molecule has 3 heteroatoms. The van der Waals surface area contributed by atoms with Crippen LogP contribution < -0.4 is 0 Å². The van der Waals surface area contributed by atoms with Gasteiger partial charge in [0.15, 0.2) is 0 Å². The van der Waals surface area contributed by atoms with E-state index in [0.717, 1.165) is 16.5 Å². The molecule has 0 aliphatic carbocycles. The summed E-state index contributed by atoms with van der Waals surface area (Å²) in [5, 5.41) is 2.11. The van der Waals surface area contributed by atoms with Gasteiger partial charge in [-0.1, -0.05) is 37.0 Å². The van der Waals surface area contributed by atoms with Crippen molar-refractivity contribution in [1.82, 2.24) is 0 Å². The standard InChI is InChI=1S/C9H6Cl2O.C2H6/c1-5-4-12-9-3-8(11)7(10)2-6(5)9;1-2/h2-4H,1H3;1-2H3. The summed E-state index contributed by atoms with van der Waals surface area (Å²) >= 11 is 11.6. The zero-order chi connectivity index (χ0) is 10.7. The predicted octanol–water partition coefficient (Wildman–Crippen LogP) is 5.07. The van der Waals surface area contributed by atoms with Crippen molar-refractivity contribution in [3.05, 3.63) is 34.0 Å². The molecule has 0 unspecified atom stereocenters. The molecular formula is C11H12Cl2O. The SMILES string of the molecule is CC.Cc1coc2cc(Cl)c(Cl)cc12.